The number of nitrogens with two attached hydrogens (primary N) is 1. The summed E-state index contributed by atoms with van der Waals surface area (Å²) < 4.78 is 5.13. The van der Waals surface area contributed by atoms with E-state index in [0.717, 1.165) is 0 Å². The van der Waals surface area contributed by atoms with Crippen LogP contribution in [0.25, 0.3) is 0 Å². The Morgan fingerprint density at radius 1 is 1.22 bits per heavy atom. The number of ether oxygens (including phenoxy) is 1. The molecule has 0 radical (unpaired) electrons. The van der Waals surface area contributed by atoms with Crippen molar-refractivity contribution in [2.24, 2.45) is 17.6 Å². The van der Waals surface area contributed by atoms with Gasteiger partial charge in [-0.1, -0.05) is 42.5 Å². The van der Waals surface area contributed by atoms with Crippen LogP contribution in [0.5, 0.6) is 5.75 Å². The SMILES string of the molecule is COc1ccc([C@@H]2[C@@H](C(N)=O)C(=O)N[C@](O)(c3ccccc3)[C@@H]2C#N)cc1. The van der Waals surface area contributed by atoms with Crippen LogP contribution in [0.15, 0.2) is 54.6 Å². The summed E-state index contributed by atoms with van der Waals surface area (Å²) in [4.78, 5) is 24.7. The number of nitrogens with zero attached hydrogens (tertiary/aromatic N) is 1. The van der Waals surface area contributed by atoms with Crippen molar-refractivity contribution < 1.29 is 19.4 Å². The molecule has 1 saturated heterocycles. The summed E-state index contributed by atoms with van der Waals surface area (Å²) in [5.74, 6) is -4.33. The van der Waals surface area contributed by atoms with Gasteiger partial charge in [0.1, 0.15) is 17.6 Å². The largest absolute Gasteiger partial charge is 0.497 e. The molecule has 4 atom stereocenters. The molecule has 7 nitrogen and oxygen atoms in total. The first-order valence-electron chi connectivity index (χ1n) is 8.35. The van der Waals surface area contributed by atoms with Crippen LogP contribution < -0.4 is 15.8 Å². The molecule has 0 spiro atoms. The molecule has 4 N–H and O–H groups in total. The Kier molecular flexibility index (Phi) is 4.84. The van der Waals surface area contributed by atoms with Crippen LogP contribution in [-0.2, 0) is 15.3 Å². The number of nitrogens with one attached hydrogen (secondary N) is 1. The second-order valence-electron chi connectivity index (χ2n) is 6.41. The van der Waals surface area contributed by atoms with Crippen molar-refractivity contribution in [3.63, 3.8) is 0 Å². The van der Waals surface area contributed by atoms with Gasteiger partial charge in [0.05, 0.1) is 13.2 Å². The van der Waals surface area contributed by atoms with E-state index in [1.807, 2.05) is 0 Å². The van der Waals surface area contributed by atoms with E-state index in [0.29, 0.717) is 16.9 Å². The molecule has 2 aromatic carbocycles. The van der Waals surface area contributed by atoms with Gasteiger partial charge in [0.2, 0.25) is 11.8 Å². The predicted octanol–water partition coefficient (Wildman–Crippen LogP) is 0.995. The first kappa shape index (κ1) is 18.4. The Morgan fingerprint density at radius 2 is 1.85 bits per heavy atom. The second kappa shape index (κ2) is 7.09. The zero-order chi connectivity index (χ0) is 19.6. The van der Waals surface area contributed by atoms with Gasteiger partial charge in [-0.25, -0.2) is 0 Å². The highest BCUT2D eigenvalue weighted by atomic mass is 16.5. The van der Waals surface area contributed by atoms with Crippen LogP contribution in [0.4, 0.5) is 0 Å². The topological polar surface area (TPSA) is 125 Å². The van der Waals surface area contributed by atoms with Gasteiger partial charge in [-0.2, -0.15) is 5.26 Å². The molecule has 1 fully saturated rings. The zero-order valence-corrected chi connectivity index (χ0v) is 14.6. The molecule has 0 bridgehead atoms. The molecule has 138 valence electrons. The van der Waals surface area contributed by atoms with Crippen molar-refractivity contribution >= 4 is 11.8 Å². The molecule has 0 unspecified atom stereocenters. The van der Waals surface area contributed by atoms with E-state index in [2.05, 4.69) is 11.4 Å². The number of hydrogen-bond acceptors (Lipinski definition) is 5. The summed E-state index contributed by atoms with van der Waals surface area (Å²) in [5.41, 5.74) is 4.41. The maximum absolute atomic E-state index is 12.7. The fraction of sp³-hybridized carbons (Fsp3) is 0.250. The fourth-order valence-electron chi connectivity index (χ4n) is 3.59. The summed E-state index contributed by atoms with van der Waals surface area (Å²) in [6.07, 6.45) is 0. The second-order valence-corrected chi connectivity index (χ2v) is 6.41. The van der Waals surface area contributed by atoms with Gasteiger partial charge in [-0.05, 0) is 17.7 Å². The van der Waals surface area contributed by atoms with Crippen LogP contribution in [0.3, 0.4) is 0 Å². The average Bonchev–Trinajstić information content (AvgIpc) is 2.68. The minimum atomic E-state index is -1.95. The summed E-state index contributed by atoms with van der Waals surface area (Å²) >= 11 is 0. The van der Waals surface area contributed by atoms with E-state index in [1.54, 1.807) is 54.6 Å². The van der Waals surface area contributed by atoms with Gasteiger partial charge in [-0.15, -0.1) is 0 Å². The number of methoxy groups -OCH3 is 1. The maximum Gasteiger partial charge on any atom is 0.235 e. The van der Waals surface area contributed by atoms with Crippen molar-refractivity contribution in [1.29, 1.82) is 5.26 Å². The van der Waals surface area contributed by atoms with Crippen LogP contribution in [0.1, 0.15) is 17.0 Å². The van der Waals surface area contributed by atoms with Gasteiger partial charge in [0.15, 0.2) is 5.72 Å². The Balaban J connectivity index is 2.16. The van der Waals surface area contributed by atoms with Crippen molar-refractivity contribution in [2.75, 3.05) is 7.11 Å². The molecular formula is C20H19N3O4. The lowest BCUT2D eigenvalue weighted by atomic mass is 9.67. The van der Waals surface area contributed by atoms with Gasteiger partial charge in [-0.3, -0.25) is 9.59 Å². The summed E-state index contributed by atoms with van der Waals surface area (Å²) in [7, 11) is 1.52. The fourth-order valence-corrected chi connectivity index (χ4v) is 3.59. The monoisotopic (exact) mass is 365 g/mol. The van der Waals surface area contributed by atoms with E-state index < -0.39 is 35.3 Å². The lowest BCUT2D eigenvalue weighted by Crippen LogP contribution is -2.62. The molecule has 3 rings (SSSR count). The molecule has 1 heterocycles. The highest BCUT2D eigenvalue weighted by Gasteiger charge is 2.55. The van der Waals surface area contributed by atoms with Crippen LogP contribution in [0, 0.1) is 23.2 Å². The predicted molar refractivity (Wildman–Crippen MR) is 96.0 cm³/mol. The number of carbonyl (C=O) groups is 2. The molecule has 2 aromatic rings. The first-order chi connectivity index (χ1) is 12.9. The van der Waals surface area contributed by atoms with Crippen molar-refractivity contribution in [1.82, 2.24) is 5.32 Å². The lowest BCUT2D eigenvalue weighted by molar-refractivity contribution is -0.153. The van der Waals surface area contributed by atoms with Gasteiger partial charge in [0.25, 0.3) is 0 Å². The quantitative estimate of drug-likeness (QED) is 0.697. The Hall–Kier alpha value is -3.37. The molecule has 27 heavy (non-hydrogen) atoms. The molecule has 1 aliphatic heterocycles. The highest BCUT2D eigenvalue weighted by Crippen LogP contribution is 2.45. The average molecular weight is 365 g/mol. The molecular weight excluding hydrogens is 346 g/mol. The summed E-state index contributed by atoms with van der Waals surface area (Å²) in [6, 6.07) is 17.1. The number of amides is 2. The minimum Gasteiger partial charge on any atom is -0.497 e. The van der Waals surface area contributed by atoms with E-state index in [4.69, 9.17) is 10.5 Å². The van der Waals surface area contributed by atoms with Crippen LogP contribution >= 0.6 is 0 Å². The van der Waals surface area contributed by atoms with Gasteiger partial charge in [0, 0.05) is 11.5 Å². The number of aliphatic hydroxyl groups is 1. The number of benzene rings is 2. The van der Waals surface area contributed by atoms with Crippen molar-refractivity contribution in [2.45, 2.75) is 11.6 Å². The third-order valence-electron chi connectivity index (χ3n) is 4.92. The maximum atomic E-state index is 12.7. The highest BCUT2D eigenvalue weighted by molar-refractivity contribution is 6.01. The number of hydrogen-bond donors (Lipinski definition) is 3. The smallest absolute Gasteiger partial charge is 0.235 e. The zero-order valence-electron chi connectivity index (χ0n) is 14.6. The standard InChI is InChI=1S/C20H19N3O4/c1-27-14-9-7-12(8-10-14)16-15(11-21)20(26,13-5-3-2-4-6-13)23-19(25)17(16)18(22)24/h2-10,15-17,26H,1H3,(H2,22,24)(H,23,25)/t15-,16+,17+,20+/m1/s1. The van der Waals surface area contributed by atoms with E-state index in [1.165, 1.54) is 7.11 Å². The Labute approximate surface area is 156 Å². The molecule has 0 aliphatic carbocycles. The van der Waals surface area contributed by atoms with Gasteiger partial charge >= 0.3 is 0 Å². The number of piperidine rings is 1. The number of carbonyl (C=O) groups excluding carboxylic acids is 2. The first-order valence-corrected chi connectivity index (χ1v) is 8.35. The van der Waals surface area contributed by atoms with Gasteiger partial charge < -0.3 is 20.9 Å². The third kappa shape index (κ3) is 3.11. The molecule has 7 heteroatoms. The van der Waals surface area contributed by atoms with Crippen LogP contribution in [-0.4, -0.2) is 24.0 Å². The Morgan fingerprint density at radius 3 is 2.37 bits per heavy atom. The molecule has 2 amide bonds. The van der Waals surface area contributed by atoms with Crippen LogP contribution in [0.2, 0.25) is 0 Å². The molecule has 0 saturated carbocycles. The Bertz CT molecular complexity index is 892. The van der Waals surface area contributed by atoms with E-state index >= 15 is 0 Å². The molecule has 0 aromatic heterocycles. The van der Waals surface area contributed by atoms with E-state index in [-0.39, 0.29) is 0 Å². The van der Waals surface area contributed by atoms with E-state index in [9.17, 15) is 20.0 Å². The molecule has 1 aliphatic rings. The van der Waals surface area contributed by atoms with Crippen molar-refractivity contribution in [3.8, 4) is 11.8 Å². The lowest BCUT2D eigenvalue weighted by Gasteiger charge is -2.44. The summed E-state index contributed by atoms with van der Waals surface area (Å²) in [5, 5.41) is 23.6. The number of primary amides is 1. The van der Waals surface area contributed by atoms with Crippen molar-refractivity contribution in [3.05, 3.63) is 65.7 Å². The number of rotatable bonds is 4. The normalized spacial score (nSPS) is 27.3. The summed E-state index contributed by atoms with van der Waals surface area (Å²) in [6.45, 7) is 0. The number of nitriles is 1. The minimum absolute atomic E-state index is 0.353. The third-order valence-corrected chi connectivity index (χ3v) is 4.92.